The molecule has 14 heavy (non-hydrogen) atoms. The van der Waals surface area contributed by atoms with Crippen LogP contribution in [0.2, 0.25) is 0 Å². The molecule has 0 aliphatic rings. The number of aliphatic carboxylic acids is 2. The Balaban J connectivity index is 3.77. The van der Waals surface area contributed by atoms with E-state index in [1.807, 2.05) is 5.92 Å². The van der Waals surface area contributed by atoms with Crippen LogP contribution < -0.4 is 0 Å². The summed E-state index contributed by atoms with van der Waals surface area (Å²) in [7, 11) is 0. The van der Waals surface area contributed by atoms with E-state index in [0.29, 0.717) is 6.42 Å². The van der Waals surface area contributed by atoms with Crippen LogP contribution in [0.15, 0.2) is 12.2 Å². The van der Waals surface area contributed by atoms with Crippen LogP contribution >= 0.6 is 0 Å². The standard InChI is InChI=1S/C10H8O4/c11-9(12)7-5-3-1-2-4-6-8-10(13)14/h1,3H,5,7H2,(H,11,12)(H,13,14)/b3-1+. The van der Waals surface area contributed by atoms with Crippen LogP contribution in [0.25, 0.3) is 0 Å². The largest absolute Gasteiger partial charge is 0.481 e. The zero-order chi connectivity index (χ0) is 10.8. The summed E-state index contributed by atoms with van der Waals surface area (Å²) in [6.45, 7) is 0. The predicted molar refractivity (Wildman–Crippen MR) is 49.2 cm³/mol. The summed E-state index contributed by atoms with van der Waals surface area (Å²) in [6, 6.07) is 0. The molecule has 0 aromatic heterocycles. The van der Waals surface area contributed by atoms with Gasteiger partial charge in [0, 0.05) is 12.3 Å². The van der Waals surface area contributed by atoms with Gasteiger partial charge in [-0.05, 0) is 24.3 Å². The highest BCUT2D eigenvalue weighted by Crippen LogP contribution is 1.89. The van der Waals surface area contributed by atoms with Crippen molar-refractivity contribution in [2.75, 3.05) is 0 Å². The van der Waals surface area contributed by atoms with Crippen molar-refractivity contribution in [3.05, 3.63) is 12.2 Å². The molecule has 0 atom stereocenters. The number of rotatable bonds is 3. The van der Waals surface area contributed by atoms with E-state index in [9.17, 15) is 9.59 Å². The maximum Gasteiger partial charge on any atom is 0.382 e. The van der Waals surface area contributed by atoms with Crippen LogP contribution in [0.5, 0.6) is 0 Å². The zero-order valence-corrected chi connectivity index (χ0v) is 7.28. The van der Waals surface area contributed by atoms with Crippen molar-refractivity contribution in [1.82, 2.24) is 0 Å². The van der Waals surface area contributed by atoms with Gasteiger partial charge in [0.25, 0.3) is 0 Å². The van der Waals surface area contributed by atoms with Crippen LogP contribution in [0.3, 0.4) is 0 Å². The van der Waals surface area contributed by atoms with Gasteiger partial charge in [0.1, 0.15) is 0 Å². The summed E-state index contributed by atoms with van der Waals surface area (Å²) >= 11 is 0. The van der Waals surface area contributed by atoms with E-state index in [1.165, 1.54) is 6.08 Å². The summed E-state index contributed by atoms with van der Waals surface area (Å²) in [6.07, 6.45) is 3.48. The molecule has 4 heteroatoms. The van der Waals surface area contributed by atoms with Crippen molar-refractivity contribution in [2.45, 2.75) is 12.8 Å². The van der Waals surface area contributed by atoms with E-state index in [0.717, 1.165) is 0 Å². The molecule has 0 aliphatic carbocycles. The smallest absolute Gasteiger partial charge is 0.382 e. The Kier molecular flexibility index (Phi) is 6.28. The van der Waals surface area contributed by atoms with E-state index in [1.54, 1.807) is 6.08 Å². The van der Waals surface area contributed by atoms with E-state index in [2.05, 4.69) is 17.8 Å². The lowest BCUT2D eigenvalue weighted by atomic mass is 10.3. The molecule has 0 aromatic carbocycles. The highest BCUT2D eigenvalue weighted by Gasteiger charge is 1.90. The van der Waals surface area contributed by atoms with E-state index < -0.39 is 11.9 Å². The van der Waals surface area contributed by atoms with Gasteiger partial charge in [-0.1, -0.05) is 12.0 Å². The minimum Gasteiger partial charge on any atom is -0.481 e. The van der Waals surface area contributed by atoms with Crippen molar-refractivity contribution in [1.29, 1.82) is 0 Å². The lowest BCUT2D eigenvalue weighted by molar-refractivity contribution is -0.137. The highest BCUT2D eigenvalue weighted by molar-refractivity contribution is 5.87. The molecule has 4 nitrogen and oxygen atoms in total. The molecule has 0 fully saturated rings. The molecule has 0 aromatic rings. The van der Waals surface area contributed by atoms with Gasteiger partial charge in [-0.25, -0.2) is 4.79 Å². The number of allylic oxidation sites excluding steroid dienone is 2. The Labute approximate surface area is 81.2 Å². The van der Waals surface area contributed by atoms with E-state index >= 15 is 0 Å². The van der Waals surface area contributed by atoms with Crippen molar-refractivity contribution in [3.63, 3.8) is 0 Å². The molecule has 2 N–H and O–H groups in total. The van der Waals surface area contributed by atoms with Gasteiger partial charge in [0.2, 0.25) is 0 Å². The molecule has 0 rings (SSSR count). The third-order valence-corrected chi connectivity index (χ3v) is 1.03. The average molecular weight is 192 g/mol. The second kappa shape index (κ2) is 7.45. The third-order valence-electron chi connectivity index (χ3n) is 1.03. The first-order valence-electron chi connectivity index (χ1n) is 3.74. The second-order valence-corrected chi connectivity index (χ2v) is 2.16. The first-order chi connectivity index (χ1) is 6.63. The van der Waals surface area contributed by atoms with Crippen molar-refractivity contribution < 1.29 is 19.8 Å². The van der Waals surface area contributed by atoms with Gasteiger partial charge in [-0.2, -0.15) is 0 Å². The molecule has 0 spiro atoms. The topological polar surface area (TPSA) is 74.6 Å². The summed E-state index contributed by atoms with van der Waals surface area (Å²) in [5.41, 5.74) is 0. The number of carbonyl (C=O) groups is 2. The van der Waals surface area contributed by atoms with Crippen molar-refractivity contribution in [2.24, 2.45) is 0 Å². The Bertz CT molecular complexity index is 357. The lowest BCUT2D eigenvalue weighted by Crippen LogP contribution is -1.91. The van der Waals surface area contributed by atoms with E-state index in [4.69, 9.17) is 10.2 Å². The molecular weight excluding hydrogens is 184 g/mol. The maximum absolute atomic E-state index is 10.1. The summed E-state index contributed by atoms with van der Waals surface area (Å²) in [5, 5.41) is 16.3. The fraction of sp³-hybridized carbons (Fsp3) is 0.200. The van der Waals surface area contributed by atoms with Gasteiger partial charge in [-0.15, -0.1) is 0 Å². The average Bonchev–Trinajstić information content (AvgIpc) is 2.08. The maximum atomic E-state index is 10.1. The molecule has 0 bridgehead atoms. The van der Waals surface area contributed by atoms with Gasteiger partial charge >= 0.3 is 11.9 Å². The molecule has 0 amide bonds. The minimum atomic E-state index is -1.23. The van der Waals surface area contributed by atoms with Crippen LogP contribution in [-0.4, -0.2) is 22.2 Å². The summed E-state index contributed by atoms with van der Waals surface area (Å²) in [5.74, 6) is 6.56. The Morgan fingerprint density at radius 2 is 1.93 bits per heavy atom. The number of carboxylic acids is 2. The molecule has 0 radical (unpaired) electrons. The molecule has 0 unspecified atom stereocenters. The van der Waals surface area contributed by atoms with Crippen LogP contribution in [0.1, 0.15) is 12.8 Å². The second-order valence-electron chi connectivity index (χ2n) is 2.16. The quantitative estimate of drug-likeness (QED) is 0.638. The Morgan fingerprint density at radius 1 is 1.21 bits per heavy atom. The lowest BCUT2D eigenvalue weighted by Gasteiger charge is -1.83. The fourth-order valence-corrected chi connectivity index (χ4v) is 0.512. The Hall–Kier alpha value is -2.20. The van der Waals surface area contributed by atoms with Gasteiger partial charge in [-0.3, -0.25) is 4.79 Å². The first kappa shape index (κ1) is 11.8. The SMILES string of the molecule is O=C(O)C#CC#C/C=C/CCC(=O)O. The number of carboxylic acid groups (broad SMARTS) is 2. The highest BCUT2D eigenvalue weighted by atomic mass is 16.4. The number of hydrogen-bond acceptors (Lipinski definition) is 2. The molecular formula is C10H8O4. The number of hydrogen-bond donors (Lipinski definition) is 2. The third kappa shape index (κ3) is 9.80. The van der Waals surface area contributed by atoms with Crippen molar-refractivity contribution in [3.8, 4) is 23.7 Å². The summed E-state index contributed by atoms with van der Waals surface area (Å²) in [4.78, 5) is 19.9. The Morgan fingerprint density at radius 3 is 2.50 bits per heavy atom. The first-order valence-corrected chi connectivity index (χ1v) is 3.74. The van der Waals surface area contributed by atoms with Crippen LogP contribution in [-0.2, 0) is 9.59 Å². The molecule has 0 saturated heterocycles. The molecule has 0 heterocycles. The zero-order valence-electron chi connectivity index (χ0n) is 7.28. The van der Waals surface area contributed by atoms with Gasteiger partial charge in [0.15, 0.2) is 0 Å². The molecule has 0 saturated carbocycles. The van der Waals surface area contributed by atoms with Gasteiger partial charge in [0.05, 0.1) is 0 Å². The normalized spacial score (nSPS) is 8.29. The fourth-order valence-electron chi connectivity index (χ4n) is 0.512. The van der Waals surface area contributed by atoms with Gasteiger partial charge < -0.3 is 10.2 Å². The molecule has 72 valence electrons. The van der Waals surface area contributed by atoms with Crippen molar-refractivity contribution >= 4 is 11.9 Å². The monoisotopic (exact) mass is 192 g/mol. The predicted octanol–water partition coefficient (Wildman–Crippen LogP) is 0.499. The van der Waals surface area contributed by atoms with Crippen LogP contribution in [0, 0.1) is 23.7 Å². The van der Waals surface area contributed by atoms with Crippen LogP contribution in [0.4, 0.5) is 0 Å². The minimum absolute atomic E-state index is 0.0545. The van der Waals surface area contributed by atoms with E-state index in [-0.39, 0.29) is 6.42 Å². The summed E-state index contributed by atoms with van der Waals surface area (Å²) < 4.78 is 0. The molecule has 0 aliphatic heterocycles.